The summed E-state index contributed by atoms with van der Waals surface area (Å²) >= 11 is 0. The van der Waals surface area contributed by atoms with Crippen molar-refractivity contribution < 1.29 is 47.3 Å². The van der Waals surface area contributed by atoms with Crippen molar-refractivity contribution in [1.29, 1.82) is 0 Å². The second kappa shape index (κ2) is 6.41. The minimum Gasteiger partial charge on any atom is -0.453 e. The Labute approximate surface area is 98.0 Å². The van der Waals surface area contributed by atoms with Gasteiger partial charge in [0.2, 0.25) is 0 Å². The molecule has 0 N–H and O–H groups in total. The van der Waals surface area contributed by atoms with Crippen LogP contribution < -0.4 is 0 Å². The van der Waals surface area contributed by atoms with Gasteiger partial charge >= 0.3 is 0 Å². The second-order valence-corrected chi connectivity index (χ2v) is 2.68. The Balaban J connectivity index is -0.000000320. The van der Waals surface area contributed by atoms with Crippen molar-refractivity contribution in [2.45, 2.75) is 19.4 Å². The van der Waals surface area contributed by atoms with Gasteiger partial charge in [-0.05, 0) is 20.9 Å². The SMILES string of the molecule is [CH2-]C(=O)C(C)(C)N([CH2-])C.[Ta].[Tc]. The van der Waals surface area contributed by atoms with Gasteiger partial charge in [-0.25, -0.2) is 0 Å². The summed E-state index contributed by atoms with van der Waals surface area (Å²) in [5, 5.41) is 0. The van der Waals surface area contributed by atoms with Gasteiger partial charge in [-0.1, -0.05) is 0 Å². The van der Waals surface area contributed by atoms with Crippen LogP contribution >= 0.6 is 0 Å². The van der Waals surface area contributed by atoms with E-state index in [-0.39, 0.29) is 48.3 Å². The Morgan fingerprint density at radius 1 is 1.45 bits per heavy atom. The van der Waals surface area contributed by atoms with E-state index in [0.29, 0.717) is 0 Å². The smallest absolute Gasteiger partial charge is 0.0177 e. The molecule has 0 fully saturated rings. The Morgan fingerprint density at radius 3 is 1.73 bits per heavy atom. The molecule has 0 saturated heterocycles. The van der Waals surface area contributed by atoms with Crippen LogP contribution in [0.15, 0.2) is 0 Å². The van der Waals surface area contributed by atoms with Crippen molar-refractivity contribution in [2.24, 2.45) is 0 Å². The van der Waals surface area contributed by atoms with Crippen LogP contribution in [0.4, 0.5) is 0 Å². The molecule has 66 valence electrons. The zero-order valence-electron chi connectivity index (χ0n) is 7.09. The van der Waals surface area contributed by atoms with Crippen molar-refractivity contribution in [1.82, 2.24) is 4.90 Å². The monoisotopic (exact) mass is 405 g/mol. The molecule has 0 aliphatic carbocycles. The standard InChI is InChI=1S/C7H13NO.Ta.Tc/c1-6(9)7(2,3)8(4)5;;/h1,4H2,2-3,5H3;;/q-2;;. The number of likely N-dealkylation sites (N-methyl/N-ethyl adjacent to an activating group) is 1. The third kappa shape index (κ3) is 5.18. The molecule has 4 heteroatoms. The second-order valence-electron chi connectivity index (χ2n) is 2.68. The van der Waals surface area contributed by atoms with Gasteiger partial charge in [0, 0.05) is 53.8 Å². The van der Waals surface area contributed by atoms with E-state index in [1.165, 1.54) is 0 Å². The van der Waals surface area contributed by atoms with Crippen molar-refractivity contribution in [3.05, 3.63) is 14.0 Å². The molecule has 2 nitrogen and oxygen atoms in total. The van der Waals surface area contributed by atoms with Gasteiger partial charge in [-0.15, -0.1) is 0 Å². The predicted octanol–water partition coefficient (Wildman–Crippen LogP) is 0.887. The molecule has 0 unspecified atom stereocenters. The normalized spacial score (nSPS) is 9.91. The van der Waals surface area contributed by atoms with Crippen LogP contribution in [0.1, 0.15) is 13.8 Å². The molecule has 2 radical (unpaired) electrons. The summed E-state index contributed by atoms with van der Waals surface area (Å²) in [7, 11) is 5.36. The van der Waals surface area contributed by atoms with Crippen LogP contribution in [0.5, 0.6) is 0 Å². The van der Waals surface area contributed by atoms with E-state index in [1.807, 2.05) is 0 Å². The number of hydrogen-bond donors (Lipinski definition) is 0. The number of hydrogen-bond acceptors (Lipinski definition) is 2. The topological polar surface area (TPSA) is 20.3 Å². The van der Waals surface area contributed by atoms with Gasteiger partial charge in [0.05, 0.1) is 0 Å². The molecule has 0 aliphatic heterocycles. The van der Waals surface area contributed by atoms with Crippen LogP contribution in [0.2, 0.25) is 0 Å². The molecule has 0 bridgehead atoms. The fraction of sp³-hybridized carbons (Fsp3) is 0.571. The van der Waals surface area contributed by atoms with Gasteiger partial charge in [0.15, 0.2) is 0 Å². The molecule has 0 aromatic heterocycles. The third-order valence-electron chi connectivity index (χ3n) is 1.64. The van der Waals surface area contributed by atoms with Crippen LogP contribution in [-0.2, 0) is 47.3 Å². The summed E-state index contributed by atoms with van der Waals surface area (Å²) in [5.74, 6) is -0.111. The molecule has 0 saturated carbocycles. The van der Waals surface area contributed by atoms with Crippen LogP contribution in [-0.4, -0.2) is 23.3 Å². The van der Waals surface area contributed by atoms with E-state index in [4.69, 9.17) is 0 Å². The molecule has 0 heterocycles. The van der Waals surface area contributed by atoms with Gasteiger partial charge in [-0.2, -0.15) is 0 Å². The number of rotatable bonds is 2. The quantitative estimate of drug-likeness (QED) is 0.636. The maximum atomic E-state index is 10.7. The summed E-state index contributed by atoms with van der Waals surface area (Å²) in [4.78, 5) is 12.3. The molecule has 0 aliphatic rings. The molecule has 0 aromatic carbocycles. The number of nitrogens with zero attached hydrogens (tertiary/aromatic N) is 1. The first kappa shape index (κ1) is 17.8. The fourth-order valence-electron chi connectivity index (χ4n) is 0.213. The van der Waals surface area contributed by atoms with Crippen molar-refractivity contribution in [3.63, 3.8) is 0 Å². The Hall–Kier alpha value is 0.890. The van der Waals surface area contributed by atoms with E-state index in [2.05, 4.69) is 14.0 Å². The molecule has 0 spiro atoms. The van der Waals surface area contributed by atoms with Crippen molar-refractivity contribution >= 4 is 5.78 Å². The van der Waals surface area contributed by atoms with E-state index >= 15 is 0 Å². The largest absolute Gasteiger partial charge is 0.453 e. The fourth-order valence-corrected chi connectivity index (χ4v) is 0.213. The summed E-state index contributed by atoms with van der Waals surface area (Å²) in [6.45, 7) is 6.88. The van der Waals surface area contributed by atoms with E-state index in [9.17, 15) is 4.79 Å². The van der Waals surface area contributed by atoms with Crippen LogP contribution in [0.3, 0.4) is 0 Å². The summed E-state index contributed by atoms with van der Waals surface area (Å²) in [6.07, 6.45) is 0. The average molecular weight is 406 g/mol. The average Bonchev–Trinajstić information content (AvgIpc) is 1.65. The first-order valence-electron chi connectivity index (χ1n) is 2.79. The summed E-state index contributed by atoms with van der Waals surface area (Å²) in [6, 6.07) is 0. The third-order valence-corrected chi connectivity index (χ3v) is 1.64. The number of ketones is 1. The molecule has 0 atom stereocenters. The number of carbonyl (C=O) groups excluding carboxylic acids is 1. The maximum absolute atomic E-state index is 10.7. The van der Waals surface area contributed by atoms with Crippen molar-refractivity contribution in [3.8, 4) is 0 Å². The molecular formula is C7H13NOTaTc-2. The zero-order chi connectivity index (χ0) is 7.65. The van der Waals surface area contributed by atoms with E-state index in [0.717, 1.165) is 0 Å². The first-order chi connectivity index (χ1) is 3.89. The first-order valence-corrected chi connectivity index (χ1v) is 2.79. The Bertz CT molecular complexity index is 126. The minimum absolute atomic E-state index is 0. The maximum Gasteiger partial charge on any atom is 0.0177 e. The van der Waals surface area contributed by atoms with Crippen LogP contribution in [0.25, 0.3) is 0 Å². The molecule has 11 heavy (non-hydrogen) atoms. The van der Waals surface area contributed by atoms with E-state index < -0.39 is 5.54 Å². The van der Waals surface area contributed by atoms with Gasteiger partial charge in [0.1, 0.15) is 0 Å². The summed E-state index contributed by atoms with van der Waals surface area (Å²) < 4.78 is 0. The predicted molar refractivity (Wildman–Crippen MR) is 37.6 cm³/mol. The van der Waals surface area contributed by atoms with Crippen molar-refractivity contribution in [2.75, 3.05) is 7.05 Å². The van der Waals surface area contributed by atoms with Gasteiger partial charge in [0.25, 0.3) is 0 Å². The Morgan fingerprint density at radius 2 is 1.73 bits per heavy atom. The molecule has 0 aromatic rings. The Kier molecular flexibility index (Phi) is 10.4. The van der Waals surface area contributed by atoms with E-state index in [1.54, 1.807) is 25.8 Å². The zero-order valence-corrected chi connectivity index (χ0v) is 12.2. The number of Topliss-reactive ketones (excluding diaryl/α,β-unsaturated/α-hetero) is 1. The number of carbonyl (C=O) groups is 1. The summed E-state index contributed by atoms with van der Waals surface area (Å²) in [5.41, 5.74) is -0.528. The minimum atomic E-state index is -0.528. The molecule has 0 rings (SSSR count). The van der Waals surface area contributed by atoms with Crippen LogP contribution in [0, 0.1) is 14.0 Å². The molecule has 0 amide bonds. The van der Waals surface area contributed by atoms with Gasteiger partial charge < -0.3 is 16.6 Å². The van der Waals surface area contributed by atoms with Gasteiger partial charge in [-0.3, -0.25) is 7.05 Å². The molecular weight excluding hydrogens is 393 g/mol.